The van der Waals surface area contributed by atoms with Crippen LogP contribution in [0.15, 0.2) is 9.59 Å². The number of carboxylic acid groups (broad SMARTS) is 1. The number of nitrogens with one attached hydrogen (secondary N) is 1. The molecular formula is C9H10N4O4. The van der Waals surface area contributed by atoms with Crippen LogP contribution in [0.5, 0.6) is 0 Å². The summed E-state index contributed by atoms with van der Waals surface area (Å²) >= 11 is 0. The molecule has 2 heterocycles. The summed E-state index contributed by atoms with van der Waals surface area (Å²) < 4.78 is 2.55. The number of rotatable bonds is 2. The van der Waals surface area contributed by atoms with E-state index in [9.17, 15) is 14.4 Å². The van der Waals surface area contributed by atoms with Crippen LogP contribution < -0.4 is 11.2 Å². The van der Waals surface area contributed by atoms with Crippen molar-refractivity contribution in [2.45, 2.75) is 6.42 Å². The number of imidazole rings is 1. The number of aromatic amines is 1. The summed E-state index contributed by atoms with van der Waals surface area (Å²) in [4.78, 5) is 39.7. The van der Waals surface area contributed by atoms with Crippen LogP contribution in [0, 0.1) is 0 Å². The molecule has 2 N–H and O–H groups in total. The number of hydrogen-bond donors (Lipinski definition) is 2. The predicted molar refractivity (Wildman–Crippen MR) is 57.9 cm³/mol. The smallest absolute Gasteiger partial charge is 0.329 e. The average Bonchev–Trinajstić information content (AvgIpc) is 2.53. The third-order valence-corrected chi connectivity index (χ3v) is 2.54. The van der Waals surface area contributed by atoms with Crippen LogP contribution in [0.4, 0.5) is 0 Å². The van der Waals surface area contributed by atoms with Crippen molar-refractivity contribution < 1.29 is 9.90 Å². The molecule has 0 amide bonds. The van der Waals surface area contributed by atoms with Crippen LogP contribution in [-0.2, 0) is 25.3 Å². The monoisotopic (exact) mass is 238 g/mol. The maximum atomic E-state index is 11.6. The minimum atomic E-state index is -1.05. The fraction of sp³-hybridized carbons (Fsp3) is 0.333. The van der Waals surface area contributed by atoms with Crippen molar-refractivity contribution in [3.8, 4) is 0 Å². The lowest BCUT2D eigenvalue weighted by Crippen LogP contribution is -2.29. The van der Waals surface area contributed by atoms with Gasteiger partial charge in [-0.15, -0.1) is 0 Å². The van der Waals surface area contributed by atoms with Crippen LogP contribution >= 0.6 is 0 Å². The molecule has 0 aromatic carbocycles. The maximum Gasteiger partial charge on any atom is 0.329 e. The first-order valence-corrected chi connectivity index (χ1v) is 4.78. The summed E-state index contributed by atoms with van der Waals surface area (Å²) in [6.07, 6.45) is -0.307. The molecule has 0 spiro atoms. The van der Waals surface area contributed by atoms with Gasteiger partial charge in [0, 0.05) is 14.1 Å². The molecule has 8 nitrogen and oxygen atoms in total. The van der Waals surface area contributed by atoms with Gasteiger partial charge in [0.25, 0.3) is 5.56 Å². The molecular weight excluding hydrogens is 228 g/mol. The van der Waals surface area contributed by atoms with Gasteiger partial charge < -0.3 is 9.67 Å². The first-order chi connectivity index (χ1) is 7.91. The molecule has 0 atom stereocenters. The van der Waals surface area contributed by atoms with Gasteiger partial charge in [-0.25, -0.2) is 9.78 Å². The fourth-order valence-corrected chi connectivity index (χ4v) is 1.65. The van der Waals surface area contributed by atoms with E-state index >= 15 is 0 Å². The van der Waals surface area contributed by atoms with Gasteiger partial charge in [0.2, 0.25) is 0 Å². The summed E-state index contributed by atoms with van der Waals surface area (Å²) in [6.45, 7) is 0. The average molecular weight is 238 g/mol. The quantitative estimate of drug-likeness (QED) is 0.667. The van der Waals surface area contributed by atoms with E-state index in [2.05, 4.69) is 9.97 Å². The molecule has 2 aromatic heterocycles. The van der Waals surface area contributed by atoms with E-state index in [4.69, 9.17) is 5.11 Å². The molecule has 2 aromatic rings. The molecule has 90 valence electrons. The Labute approximate surface area is 94.1 Å². The van der Waals surface area contributed by atoms with Crippen molar-refractivity contribution in [2.75, 3.05) is 0 Å². The number of fused-ring (bicyclic) bond motifs is 1. The van der Waals surface area contributed by atoms with Crippen molar-refractivity contribution in [1.82, 2.24) is 19.1 Å². The third-order valence-electron chi connectivity index (χ3n) is 2.54. The van der Waals surface area contributed by atoms with Crippen LogP contribution in [0.3, 0.4) is 0 Å². The zero-order chi connectivity index (χ0) is 12.7. The van der Waals surface area contributed by atoms with E-state index in [0.717, 1.165) is 0 Å². The first-order valence-electron chi connectivity index (χ1n) is 4.78. The van der Waals surface area contributed by atoms with Crippen LogP contribution in [0.2, 0.25) is 0 Å². The molecule has 0 aliphatic heterocycles. The van der Waals surface area contributed by atoms with Crippen LogP contribution in [0.25, 0.3) is 11.2 Å². The van der Waals surface area contributed by atoms with Crippen molar-refractivity contribution in [1.29, 1.82) is 0 Å². The van der Waals surface area contributed by atoms with Gasteiger partial charge in [-0.1, -0.05) is 0 Å². The lowest BCUT2D eigenvalue weighted by Gasteiger charge is -1.98. The second-order valence-electron chi connectivity index (χ2n) is 3.65. The Morgan fingerprint density at radius 3 is 2.59 bits per heavy atom. The Hall–Kier alpha value is -2.38. The van der Waals surface area contributed by atoms with E-state index in [1.54, 1.807) is 0 Å². The van der Waals surface area contributed by atoms with E-state index in [-0.39, 0.29) is 23.4 Å². The van der Waals surface area contributed by atoms with Gasteiger partial charge in [-0.2, -0.15) is 0 Å². The number of aryl methyl sites for hydroxylation is 2. The van der Waals surface area contributed by atoms with E-state index in [1.807, 2.05) is 0 Å². The normalized spacial score (nSPS) is 10.9. The van der Waals surface area contributed by atoms with Crippen molar-refractivity contribution in [3.63, 3.8) is 0 Å². The summed E-state index contributed by atoms with van der Waals surface area (Å²) in [7, 11) is 2.99. The molecule has 0 saturated carbocycles. The minimum Gasteiger partial charge on any atom is -0.481 e. The molecule has 0 bridgehead atoms. The summed E-state index contributed by atoms with van der Waals surface area (Å²) in [6, 6.07) is 0. The van der Waals surface area contributed by atoms with E-state index in [1.165, 1.54) is 23.2 Å². The fourth-order valence-electron chi connectivity index (χ4n) is 1.65. The number of carboxylic acids is 1. The van der Waals surface area contributed by atoms with Gasteiger partial charge in [-0.05, 0) is 0 Å². The number of H-pyrrole nitrogens is 1. The molecule has 2 rings (SSSR count). The van der Waals surface area contributed by atoms with Gasteiger partial charge in [-0.3, -0.25) is 19.1 Å². The maximum absolute atomic E-state index is 11.6. The Morgan fingerprint density at radius 2 is 2.00 bits per heavy atom. The highest BCUT2D eigenvalue weighted by Crippen LogP contribution is 2.08. The SMILES string of the molecule is Cn1c(CC(=O)O)nc2c1c(=O)[nH]c(=O)n2C. The molecule has 0 unspecified atom stereocenters. The summed E-state index contributed by atoms with van der Waals surface area (Å²) in [5.41, 5.74) is -0.793. The van der Waals surface area contributed by atoms with Gasteiger partial charge in [0.15, 0.2) is 11.2 Å². The van der Waals surface area contributed by atoms with Crippen LogP contribution in [0.1, 0.15) is 5.82 Å². The van der Waals surface area contributed by atoms with E-state index in [0.29, 0.717) is 0 Å². The third kappa shape index (κ3) is 1.63. The second kappa shape index (κ2) is 3.58. The number of aromatic nitrogens is 4. The number of aliphatic carboxylic acids is 1. The highest BCUT2D eigenvalue weighted by atomic mass is 16.4. The largest absolute Gasteiger partial charge is 0.481 e. The molecule has 17 heavy (non-hydrogen) atoms. The standard InChI is InChI=1S/C9H10N4O4/c1-12-4(3-5(14)15)10-7-6(12)8(16)11-9(17)13(7)2/h3H2,1-2H3,(H,14,15)(H,11,16,17). The molecule has 0 radical (unpaired) electrons. The zero-order valence-electron chi connectivity index (χ0n) is 9.22. The first kappa shape index (κ1) is 11.1. The Kier molecular flexibility index (Phi) is 2.34. The predicted octanol–water partition coefficient (Wildman–Crippen LogP) is -1.41. The lowest BCUT2D eigenvalue weighted by molar-refractivity contribution is -0.136. The molecule has 0 saturated heterocycles. The number of carbonyl (C=O) groups is 1. The second-order valence-corrected chi connectivity index (χ2v) is 3.65. The van der Waals surface area contributed by atoms with Gasteiger partial charge >= 0.3 is 11.7 Å². The van der Waals surface area contributed by atoms with Crippen molar-refractivity contribution in [3.05, 3.63) is 26.7 Å². The molecule has 8 heteroatoms. The molecule has 0 fully saturated rings. The number of hydrogen-bond acceptors (Lipinski definition) is 4. The van der Waals surface area contributed by atoms with Gasteiger partial charge in [0.05, 0.1) is 0 Å². The van der Waals surface area contributed by atoms with Crippen LogP contribution in [-0.4, -0.2) is 30.2 Å². The minimum absolute atomic E-state index is 0.178. The van der Waals surface area contributed by atoms with Crippen molar-refractivity contribution in [2.24, 2.45) is 14.1 Å². The van der Waals surface area contributed by atoms with Gasteiger partial charge in [0.1, 0.15) is 12.2 Å². The van der Waals surface area contributed by atoms with E-state index < -0.39 is 17.2 Å². The topological polar surface area (TPSA) is 110 Å². The molecule has 0 aliphatic rings. The highest BCUT2D eigenvalue weighted by molar-refractivity contribution is 5.74. The highest BCUT2D eigenvalue weighted by Gasteiger charge is 2.16. The number of nitrogens with zero attached hydrogens (tertiary/aromatic N) is 3. The summed E-state index contributed by atoms with van der Waals surface area (Å²) in [5.74, 6) is -0.830. The Morgan fingerprint density at radius 1 is 1.35 bits per heavy atom. The Balaban J connectivity index is 2.86. The Bertz CT molecular complexity index is 721. The zero-order valence-corrected chi connectivity index (χ0v) is 9.22. The van der Waals surface area contributed by atoms with Crippen molar-refractivity contribution >= 4 is 17.1 Å². The summed E-state index contributed by atoms with van der Waals surface area (Å²) in [5, 5.41) is 8.70. The lowest BCUT2D eigenvalue weighted by atomic mass is 10.4. The molecule has 0 aliphatic carbocycles.